The van der Waals surface area contributed by atoms with E-state index >= 15 is 0 Å². The Morgan fingerprint density at radius 3 is 2.67 bits per heavy atom. The summed E-state index contributed by atoms with van der Waals surface area (Å²) >= 11 is 0. The smallest absolute Gasteiger partial charge is 0.150 e. The largest absolute Gasteiger partial charge is 0.395 e. The second-order valence-electron chi connectivity index (χ2n) is 4.72. The first kappa shape index (κ1) is 13.0. The highest BCUT2D eigenvalue weighted by Gasteiger charge is 2.23. The fraction of sp³-hybridized carbons (Fsp3) is 0.500. The van der Waals surface area contributed by atoms with E-state index in [0.29, 0.717) is 30.1 Å². The van der Waals surface area contributed by atoms with E-state index in [2.05, 4.69) is 0 Å². The Morgan fingerprint density at radius 2 is 2.06 bits per heavy atom. The SMILES string of the molecule is O=Cc1cc(F)cc(N(CCO)C2CCCC2)c1. The van der Waals surface area contributed by atoms with Gasteiger partial charge in [0.05, 0.1) is 6.61 Å². The van der Waals surface area contributed by atoms with Gasteiger partial charge in [-0.1, -0.05) is 12.8 Å². The predicted octanol–water partition coefficient (Wildman–Crippen LogP) is 2.38. The minimum Gasteiger partial charge on any atom is -0.395 e. The fourth-order valence-electron chi connectivity index (χ4n) is 2.68. The van der Waals surface area contributed by atoms with Gasteiger partial charge in [0, 0.05) is 23.8 Å². The highest BCUT2D eigenvalue weighted by molar-refractivity contribution is 5.77. The summed E-state index contributed by atoms with van der Waals surface area (Å²) in [6.07, 6.45) is 5.11. The molecule has 1 N–H and O–H groups in total. The molecule has 98 valence electrons. The van der Waals surface area contributed by atoms with Crippen LogP contribution >= 0.6 is 0 Å². The molecule has 0 spiro atoms. The van der Waals surface area contributed by atoms with Crippen LogP contribution in [-0.4, -0.2) is 30.6 Å². The van der Waals surface area contributed by atoms with Crippen LogP contribution in [0.5, 0.6) is 0 Å². The Balaban J connectivity index is 2.28. The zero-order valence-electron chi connectivity index (χ0n) is 10.3. The van der Waals surface area contributed by atoms with Gasteiger partial charge >= 0.3 is 0 Å². The van der Waals surface area contributed by atoms with Gasteiger partial charge in [-0.05, 0) is 31.0 Å². The molecular weight excluding hydrogens is 233 g/mol. The third kappa shape index (κ3) is 2.88. The molecule has 1 aliphatic rings. The lowest BCUT2D eigenvalue weighted by Gasteiger charge is -2.30. The van der Waals surface area contributed by atoms with E-state index in [9.17, 15) is 9.18 Å². The lowest BCUT2D eigenvalue weighted by atomic mass is 10.1. The van der Waals surface area contributed by atoms with Gasteiger partial charge in [0.2, 0.25) is 0 Å². The maximum absolute atomic E-state index is 13.5. The number of aliphatic hydroxyl groups is 1. The number of hydrogen-bond donors (Lipinski definition) is 1. The van der Waals surface area contributed by atoms with Gasteiger partial charge < -0.3 is 10.0 Å². The van der Waals surface area contributed by atoms with Gasteiger partial charge in [0.15, 0.2) is 0 Å². The number of benzene rings is 1. The standard InChI is InChI=1S/C14H18FNO2/c15-12-7-11(10-18)8-14(9-12)16(5-6-17)13-3-1-2-4-13/h7-10,13,17H,1-6H2. The van der Waals surface area contributed by atoms with Gasteiger partial charge in [-0.3, -0.25) is 4.79 Å². The Kier molecular flexibility index (Phi) is 4.31. The molecule has 1 aliphatic carbocycles. The number of aldehydes is 1. The summed E-state index contributed by atoms with van der Waals surface area (Å²) in [5.41, 5.74) is 1.03. The molecule has 0 heterocycles. The first-order valence-electron chi connectivity index (χ1n) is 6.38. The molecule has 0 aliphatic heterocycles. The molecule has 0 saturated heterocycles. The number of carbonyl (C=O) groups excluding carboxylic acids is 1. The zero-order chi connectivity index (χ0) is 13.0. The van der Waals surface area contributed by atoms with Gasteiger partial charge in [-0.25, -0.2) is 4.39 Å². The van der Waals surface area contributed by atoms with E-state index in [0.717, 1.165) is 12.8 Å². The van der Waals surface area contributed by atoms with Crippen molar-refractivity contribution in [1.82, 2.24) is 0 Å². The van der Waals surface area contributed by atoms with E-state index < -0.39 is 5.82 Å². The van der Waals surface area contributed by atoms with Gasteiger partial charge in [0.1, 0.15) is 12.1 Å². The minimum atomic E-state index is -0.407. The Bertz CT molecular complexity index is 416. The lowest BCUT2D eigenvalue weighted by Crippen LogP contribution is -2.35. The molecule has 2 rings (SSSR count). The molecule has 4 heteroatoms. The molecule has 0 bridgehead atoms. The monoisotopic (exact) mass is 251 g/mol. The number of nitrogens with zero attached hydrogens (tertiary/aromatic N) is 1. The third-order valence-corrected chi connectivity index (χ3v) is 3.48. The van der Waals surface area contributed by atoms with Crippen molar-refractivity contribution in [2.24, 2.45) is 0 Å². The summed E-state index contributed by atoms with van der Waals surface area (Å²) in [6.45, 7) is 0.510. The van der Waals surface area contributed by atoms with Crippen LogP contribution in [0.3, 0.4) is 0 Å². The number of carbonyl (C=O) groups is 1. The first-order chi connectivity index (χ1) is 8.74. The fourth-order valence-corrected chi connectivity index (χ4v) is 2.68. The highest BCUT2D eigenvalue weighted by Crippen LogP contribution is 2.28. The third-order valence-electron chi connectivity index (χ3n) is 3.48. The molecule has 0 atom stereocenters. The number of halogens is 1. The molecule has 0 radical (unpaired) electrons. The molecule has 1 fully saturated rings. The highest BCUT2D eigenvalue weighted by atomic mass is 19.1. The van der Waals surface area contributed by atoms with Gasteiger partial charge in [-0.2, -0.15) is 0 Å². The molecule has 0 amide bonds. The number of hydrogen-bond acceptors (Lipinski definition) is 3. The van der Waals surface area contributed by atoms with Crippen LogP contribution in [0.2, 0.25) is 0 Å². The van der Waals surface area contributed by atoms with E-state index in [1.54, 1.807) is 6.07 Å². The van der Waals surface area contributed by atoms with E-state index in [-0.39, 0.29) is 6.61 Å². The van der Waals surface area contributed by atoms with E-state index in [1.807, 2.05) is 4.90 Å². The quantitative estimate of drug-likeness (QED) is 0.817. The van der Waals surface area contributed by atoms with Crippen molar-refractivity contribution in [3.05, 3.63) is 29.6 Å². The lowest BCUT2D eigenvalue weighted by molar-refractivity contribution is 0.112. The van der Waals surface area contributed by atoms with Crippen molar-refractivity contribution in [3.63, 3.8) is 0 Å². The molecule has 0 aromatic heterocycles. The van der Waals surface area contributed by atoms with Crippen LogP contribution in [0.25, 0.3) is 0 Å². The first-order valence-corrected chi connectivity index (χ1v) is 6.38. The second kappa shape index (κ2) is 5.96. The van der Waals surface area contributed by atoms with Crippen LogP contribution in [0.15, 0.2) is 18.2 Å². The molecule has 3 nitrogen and oxygen atoms in total. The summed E-state index contributed by atoms with van der Waals surface area (Å²) < 4.78 is 13.5. The number of aliphatic hydroxyl groups excluding tert-OH is 1. The summed E-state index contributed by atoms with van der Waals surface area (Å²) in [4.78, 5) is 12.8. The molecule has 0 unspecified atom stereocenters. The van der Waals surface area contributed by atoms with Crippen LogP contribution in [-0.2, 0) is 0 Å². The van der Waals surface area contributed by atoms with Crippen molar-refractivity contribution in [3.8, 4) is 0 Å². The Hall–Kier alpha value is -1.42. The summed E-state index contributed by atoms with van der Waals surface area (Å²) in [7, 11) is 0. The molecule has 18 heavy (non-hydrogen) atoms. The Labute approximate surface area is 106 Å². The molecule has 1 saturated carbocycles. The summed E-state index contributed by atoms with van der Waals surface area (Å²) in [6, 6.07) is 4.69. The molecular formula is C14H18FNO2. The molecule has 1 aromatic rings. The van der Waals surface area contributed by atoms with Crippen molar-refractivity contribution in [2.75, 3.05) is 18.1 Å². The zero-order valence-corrected chi connectivity index (χ0v) is 10.3. The number of rotatable bonds is 5. The summed E-state index contributed by atoms with van der Waals surface area (Å²) in [5, 5.41) is 9.15. The average Bonchev–Trinajstić information content (AvgIpc) is 2.88. The van der Waals surface area contributed by atoms with Gasteiger partial charge in [-0.15, -0.1) is 0 Å². The normalized spacial score (nSPS) is 15.9. The average molecular weight is 251 g/mol. The van der Waals surface area contributed by atoms with Crippen molar-refractivity contribution >= 4 is 12.0 Å². The topological polar surface area (TPSA) is 40.5 Å². The van der Waals surface area contributed by atoms with Crippen LogP contribution in [0.1, 0.15) is 36.0 Å². The van der Waals surface area contributed by atoms with Crippen LogP contribution in [0, 0.1) is 5.82 Å². The van der Waals surface area contributed by atoms with E-state index in [4.69, 9.17) is 5.11 Å². The predicted molar refractivity (Wildman–Crippen MR) is 68.5 cm³/mol. The van der Waals surface area contributed by atoms with E-state index in [1.165, 1.54) is 25.0 Å². The second-order valence-corrected chi connectivity index (χ2v) is 4.72. The maximum atomic E-state index is 13.5. The van der Waals surface area contributed by atoms with Crippen molar-refractivity contribution in [2.45, 2.75) is 31.7 Å². The maximum Gasteiger partial charge on any atom is 0.150 e. The van der Waals surface area contributed by atoms with Crippen molar-refractivity contribution < 1.29 is 14.3 Å². The van der Waals surface area contributed by atoms with Gasteiger partial charge in [0.25, 0.3) is 0 Å². The molecule has 1 aromatic carbocycles. The Morgan fingerprint density at radius 1 is 1.33 bits per heavy atom. The summed E-state index contributed by atoms with van der Waals surface area (Å²) in [5.74, 6) is -0.407. The van der Waals surface area contributed by atoms with Crippen LogP contribution in [0.4, 0.5) is 10.1 Å². The number of anilines is 1. The van der Waals surface area contributed by atoms with Crippen LogP contribution < -0.4 is 4.90 Å². The van der Waals surface area contributed by atoms with Crippen molar-refractivity contribution in [1.29, 1.82) is 0 Å². The minimum absolute atomic E-state index is 0.0312.